The topological polar surface area (TPSA) is 48.8 Å². The lowest BCUT2D eigenvalue weighted by atomic mass is 9.92. The largest absolute Gasteiger partial charge is 0.384 e. The van der Waals surface area contributed by atoms with Gasteiger partial charge < -0.3 is 10.6 Å². The molecule has 3 aliphatic rings. The number of amidine groups is 2. The van der Waals surface area contributed by atoms with E-state index in [1.165, 1.54) is 19.3 Å². The Balaban J connectivity index is 1.62. The first-order valence-electron chi connectivity index (χ1n) is 10.3. The van der Waals surface area contributed by atoms with E-state index < -0.39 is 6.17 Å². The summed E-state index contributed by atoms with van der Waals surface area (Å²) in [5.74, 6) is 1.44. The van der Waals surface area contributed by atoms with Gasteiger partial charge in [-0.15, -0.1) is 0 Å². The van der Waals surface area contributed by atoms with Crippen LogP contribution in [0.2, 0.25) is 0 Å². The van der Waals surface area contributed by atoms with Crippen molar-refractivity contribution in [2.45, 2.75) is 57.5 Å². The van der Waals surface area contributed by atoms with E-state index in [0.29, 0.717) is 30.7 Å². The lowest BCUT2D eigenvalue weighted by molar-refractivity contribution is 0.318. The molecule has 0 aromatic rings. The minimum absolute atomic E-state index is 0.355. The van der Waals surface area contributed by atoms with Crippen molar-refractivity contribution < 1.29 is 4.39 Å². The Morgan fingerprint density at radius 3 is 2.96 bits per heavy atom. The smallest absolute Gasteiger partial charge is 0.201 e. The van der Waals surface area contributed by atoms with Crippen molar-refractivity contribution in [3.63, 3.8) is 0 Å². The van der Waals surface area contributed by atoms with Gasteiger partial charge in [-0.3, -0.25) is 4.99 Å². The number of hydrogen-bond acceptors (Lipinski definition) is 3. The Morgan fingerprint density at radius 2 is 2.25 bits per heavy atom. The minimum atomic E-state index is -0.803. The number of allylic oxidation sites excluding steroid dienone is 7. The van der Waals surface area contributed by atoms with Gasteiger partial charge in [-0.2, -0.15) is 0 Å². The second-order valence-corrected chi connectivity index (χ2v) is 7.87. The first-order valence-corrected chi connectivity index (χ1v) is 10.7. The molecule has 1 heterocycles. The van der Waals surface area contributed by atoms with Crippen LogP contribution in [0.15, 0.2) is 57.8 Å². The van der Waals surface area contributed by atoms with E-state index >= 15 is 0 Å². The van der Waals surface area contributed by atoms with E-state index in [1.807, 2.05) is 18.2 Å². The molecule has 0 saturated carbocycles. The van der Waals surface area contributed by atoms with E-state index in [0.717, 1.165) is 42.9 Å². The van der Waals surface area contributed by atoms with Gasteiger partial charge in [0.25, 0.3) is 0 Å². The zero-order chi connectivity index (χ0) is 19.6. The highest BCUT2D eigenvalue weighted by atomic mass is 35.5. The van der Waals surface area contributed by atoms with Gasteiger partial charge in [0.1, 0.15) is 12.0 Å². The third-order valence-electron chi connectivity index (χ3n) is 5.20. The molecule has 0 saturated heterocycles. The Labute approximate surface area is 172 Å². The minimum Gasteiger partial charge on any atom is -0.384 e. The SMILES string of the molecule is FC1CC=C(CN=C(CCC2C=CCCC2)NC(Cl)=NC2=CC=CCC2)NC1. The maximum absolute atomic E-state index is 13.3. The van der Waals surface area contributed by atoms with Gasteiger partial charge in [-0.05, 0) is 62.1 Å². The molecule has 4 nitrogen and oxygen atoms in total. The Bertz CT molecular complexity index is 705. The fourth-order valence-corrected chi connectivity index (χ4v) is 3.77. The van der Waals surface area contributed by atoms with E-state index in [9.17, 15) is 4.39 Å². The van der Waals surface area contributed by atoms with Crippen molar-refractivity contribution in [1.29, 1.82) is 0 Å². The second kappa shape index (κ2) is 11.2. The number of nitrogens with one attached hydrogen (secondary N) is 2. The fourth-order valence-electron chi connectivity index (χ4n) is 3.55. The van der Waals surface area contributed by atoms with Crippen molar-refractivity contribution in [1.82, 2.24) is 10.6 Å². The van der Waals surface area contributed by atoms with Gasteiger partial charge in [-0.25, -0.2) is 9.38 Å². The Hall–Kier alpha value is -1.88. The monoisotopic (exact) mass is 404 g/mol. The summed E-state index contributed by atoms with van der Waals surface area (Å²) < 4.78 is 13.3. The molecule has 152 valence electrons. The van der Waals surface area contributed by atoms with Crippen LogP contribution in [-0.4, -0.2) is 30.4 Å². The molecule has 1 aliphatic heterocycles. The number of alkyl halides is 1. The summed E-state index contributed by atoms with van der Waals surface area (Å²) in [6.07, 6.45) is 19.7. The Kier molecular flexibility index (Phi) is 8.34. The van der Waals surface area contributed by atoms with Crippen LogP contribution in [0.1, 0.15) is 51.4 Å². The Morgan fingerprint density at radius 1 is 1.32 bits per heavy atom. The molecule has 0 bridgehead atoms. The van der Waals surface area contributed by atoms with Crippen molar-refractivity contribution in [2.24, 2.45) is 15.9 Å². The van der Waals surface area contributed by atoms with E-state index in [2.05, 4.69) is 33.9 Å². The standard InChI is InChI=1S/C22H30ClFN4/c23-22(27-19-9-5-2-6-10-19)28-21(14-11-17-7-3-1-4-8-17)26-16-20-13-12-18(24)15-25-20/h2-3,5,7,9,13,17-18,25H,1,4,6,8,10-12,14-16H2,(H,26,27,28). The third kappa shape index (κ3) is 7.27. The van der Waals surface area contributed by atoms with Crippen LogP contribution in [0.25, 0.3) is 0 Å². The average Bonchev–Trinajstić information content (AvgIpc) is 2.72. The highest BCUT2D eigenvalue weighted by molar-refractivity contribution is 6.66. The molecule has 2 atom stereocenters. The molecule has 0 fully saturated rings. The van der Waals surface area contributed by atoms with Crippen LogP contribution in [-0.2, 0) is 0 Å². The maximum atomic E-state index is 13.3. The normalized spacial score (nSPS) is 25.8. The predicted molar refractivity (Wildman–Crippen MR) is 116 cm³/mol. The number of halogens is 2. The quantitative estimate of drug-likeness (QED) is 0.278. The second-order valence-electron chi connectivity index (χ2n) is 7.52. The summed E-state index contributed by atoms with van der Waals surface area (Å²) in [5, 5.41) is 6.66. The highest BCUT2D eigenvalue weighted by Gasteiger charge is 2.14. The molecule has 0 spiro atoms. The van der Waals surface area contributed by atoms with Gasteiger partial charge >= 0.3 is 0 Å². The molecule has 2 aliphatic carbocycles. The summed E-state index contributed by atoms with van der Waals surface area (Å²) >= 11 is 6.37. The molecule has 0 aromatic carbocycles. The van der Waals surface area contributed by atoms with Crippen LogP contribution in [0.5, 0.6) is 0 Å². The molecule has 2 N–H and O–H groups in total. The molecule has 0 aromatic heterocycles. The van der Waals surface area contributed by atoms with Crippen molar-refractivity contribution in [3.8, 4) is 0 Å². The summed E-state index contributed by atoms with van der Waals surface area (Å²) in [7, 11) is 0. The van der Waals surface area contributed by atoms with E-state index in [-0.39, 0.29) is 0 Å². The van der Waals surface area contributed by atoms with Gasteiger partial charge in [0.05, 0.1) is 6.54 Å². The molecule has 6 heteroatoms. The highest BCUT2D eigenvalue weighted by Crippen LogP contribution is 2.22. The number of aliphatic imine (C=N–C) groups is 2. The first-order chi connectivity index (χ1) is 13.7. The number of rotatable bonds is 6. The zero-order valence-electron chi connectivity index (χ0n) is 16.3. The van der Waals surface area contributed by atoms with Gasteiger partial charge in [0, 0.05) is 30.8 Å². The molecular formula is C22H30ClFN4. The van der Waals surface area contributed by atoms with Crippen molar-refractivity contribution >= 4 is 22.7 Å². The van der Waals surface area contributed by atoms with Crippen LogP contribution >= 0.6 is 11.6 Å². The predicted octanol–water partition coefficient (Wildman–Crippen LogP) is 5.16. The molecular weight excluding hydrogens is 375 g/mol. The van der Waals surface area contributed by atoms with Gasteiger partial charge in [-0.1, -0.05) is 30.4 Å². The maximum Gasteiger partial charge on any atom is 0.201 e. The summed E-state index contributed by atoms with van der Waals surface area (Å²) in [6.45, 7) is 0.867. The summed E-state index contributed by atoms with van der Waals surface area (Å²) in [6, 6.07) is 0. The van der Waals surface area contributed by atoms with E-state index in [1.54, 1.807) is 0 Å². The number of hydrogen-bond donors (Lipinski definition) is 2. The molecule has 2 unspecified atom stereocenters. The molecule has 3 rings (SSSR count). The van der Waals surface area contributed by atoms with Crippen LogP contribution in [0.4, 0.5) is 4.39 Å². The fraction of sp³-hybridized carbons (Fsp3) is 0.545. The summed E-state index contributed by atoms with van der Waals surface area (Å²) in [5.41, 5.74) is 1.94. The van der Waals surface area contributed by atoms with Crippen LogP contribution < -0.4 is 10.6 Å². The summed E-state index contributed by atoms with van der Waals surface area (Å²) in [4.78, 5) is 9.20. The lowest BCUT2D eigenvalue weighted by Gasteiger charge is -2.19. The van der Waals surface area contributed by atoms with Crippen molar-refractivity contribution in [3.05, 3.63) is 47.9 Å². The van der Waals surface area contributed by atoms with Gasteiger partial charge in [0.2, 0.25) is 5.29 Å². The first kappa shape index (κ1) is 20.8. The molecule has 0 amide bonds. The average molecular weight is 405 g/mol. The molecule has 28 heavy (non-hydrogen) atoms. The van der Waals surface area contributed by atoms with Gasteiger partial charge in [0.15, 0.2) is 0 Å². The lowest BCUT2D eigenvalue weighted by Crippen LogP contribution is -2.31. The number of nitrogens with zero attached hydrogens (tertiary/aromatic N) is 2. The molecule has 0 radical (unpaired) electrons. The van der Waals surface area contributed by atoms with Crippen molar-refractivity contribution in [2.75, 3.05) is 13.1 Å². The third-order valence-corrected chi connectivity index (χ3v) is 5.38. The van der Waals surface area contributed by atoms with Crippen LogP contribution in [0.3, 0.4) is 0 Å². The zero-order valence-corrected chi connectivity index (χ0v) is 17.1. The van der Waals surface area contributed by atoms with Crippen LogP contribution in [0, 0.1) is 5.92 Å². The van der Waals surface area contributed by atoms with E-state index in [4.69, 9.17) is 16.6 Å².